The molecule has 41 heavy (non-hydrogen) atoms. The highest BCUT2D eigenvalue weighted by Gasteiger charge is 2.35. The van der Waals surface area contributed by atoms with Crippen molar-refractivity contribution < 1.29 is 4.42 Å². The van der Waals surface area contributed by atoms with Gasteiger partial charge in [-0.3, -0.25) is 19.0 Å². The maximum absolute atomic E-state index is 14.3. The lowest BCUT2D eigenvalue weighted by Gasteiger charge is -2.13. The first-order valence-corrected chi connectivity index (χ1v) is 13.7. The number of halogens is 1. The van der Waals surface area contributed by atoms with Crippen molar-refractivity contribution in [3.63, 3.8) is 0 Å². The minimum atomic E-state index is -0.754. The van der Waals surface area contributed by atoms with Crippen molar-refractivity contribution in [1.82, 2.24) is 18.7 Å². The number of hydrogen-bond donors (Lipinski definition) is 0. The van der Waals surface area contributed by atoms with E-state index < -0.39 is 5.92 Å². The second-order valence-corrected chi connectivity index (χ2v) is 10.5. The lowest BCUT2D eigenvalue weighted by molar-refractivity contribution is 0.513. The highest BCUT2D eigenvalue weighted by Crippen LogP contribution is 2.36. The number of benzene rings is 3. The van der Waals surface area contributed by atoms with Gasteiger partial charge in [-0.05, 0) is 62.4 Å². The van der Waals surface area contributed by atoms with Crippen LogP contribution >= 0.6 is 11.6 Å². The molecule has 3 aromatic heterocycles. The lowest BCUT2D eigenvalue weighted by atomic mass is 9.89. The Labute approximate surface area is 242 Å². The van der Waals surface area contributed by atoms with Crippen LogP contribution in [0.4, 0.5) is 0 Å². The van der Waals surface area contributed by atoms with E-state index >= 15 is 0 Å². The van der Waals surface area contributed by atoms with Gasteiger partial charge in [0.25, 0.3) is 11.1 Å². The maximum Gasteiger partial charge on any atom is 0.275 e. The highest BCUT2D eigenvalue weighted by atomic mass is 35.5. The predicted octanol–water partition coefficient (Wildman–Crippen LogP) is 6.38. The number of nitrogens with zero attached hydrogens (tertiary/aromatic N) is 4. The molecule has 0 aliphatic heterocycles. The summed E-state index contributed by atoms with van der Waals surface area (Å²) in [5, 5.41) is 0.589. The Balaban J connectivity index is 1.64. The van der Waals surface area contributed by atoms with Gasteiger partial charge in [0, 0.05) is 36.1 Å². The summed E-state index contributed by atoms with van der Waals surface area (Å²) in [5.74, 6) is 0.341. The lowest BCUT2D eigenvalue weighted by Crippen LogP contribution is -2.26. The predicted molar refractivity (Wildman–Crippen MR) is 162 cm³/mol. The molecule has 8 heteroatoms. The van der Waals surface area contributed by atoms with E-state index in [-0.39, 0.29) is 11.1 Å². The van der Waals surface area contributed by atoms with E-state index in [1.807, 2.05) is 128 Å². The fraction of sp³-hybridized carbons (Fsp3) is 0.152. The summed E-state index contributed by atoms with van der Waals surface area (Å²) in [6, 6.07) is 30.1. The standard InChI is InChI=1S/C33H29ClN4O3/c1-21-29(32(39)37(35(21)3)25-14-7-5-8-15-25)31(28-19-18-27(41-28)23-12-11-13-24(34)20-23)30-22(2)36(4)38(33(30)40)26-16-9-6-10-17-26/h5-20,31H,1-4H3. The van der Waals surface area contributed by atoms with Gasteiger partial charge in [0.05, 0.1) is 28.4 Å². The average Bonchev–Trinajstić information content (AvgIpc) is 3.61. The normalized spacial score (nSPS) is 11.5. The third-order valence-electron chi connectivity index (χ3n) is 7.80. The summed E-state index contributed by atoms with van der Waals surface area (Å²) in [6.45, 7) is 3.80. The molecular formula is C33H29ClN4O3. The largest absolute Gasteiger partial charge is 0.460 e. The molecule has 0 spiro atoms. The van der Waals surface area contributed by atoms with Crippen LogP contribution in [-0.2, 0) is 14.1 Å². The summed E-state index contributed by atoms with van der Waals surface area (Å²) in [7, 11) is 3.70. The minimum absolute atomic E-state index is 0.212. The Kier molecular flexibility index (Phi) is 6.67. The van der Waals surface area contributed by atoms with Crippen LogP contribution in [0.2, 0.25) is 5.02 Å². The fourth-order valence-electron chi connectivity index (χ4n) is 5.58. The first-order valence-electron chi connectivity index (χ1n) is 13.3. The smallest absolute Gasteiger partial charge is 0.275 e. The van der Waals surface area contributed by atoms with E-state index in [1.54, 1.807) is 15.4 Å². The quantitative estimate of drug-likeness (QED) is 0.236. The second-order valence-electron chi connectivity index (χ2n) is 10.1. The monoisotopic (exact) mass is 564 g/mol. The number of aromatic nitrogens is 4. The molecule has 0 radical (unpaired) electrons. The van der Waals surface area contributed by atoms with Gasteiger partial charge >= 0.3 is 0 Å². The molecule has 6 aromatic rings. The van der Waals surface area contributed by atoms with Gasteiger partial charge in [-0.15, -0.1) is 0 Å². The van der Waals surface area contributed by atoms with Crippen molar-refractivity contribution >= 4 is 11.6 Å². The van der Waals surface area contributed by atoms with Gasteiger partial charge in [0.15, 0.2) is 0 Å². The van der Waals surface area contributed by atoms with Gasteiger partial charge in [0.1, 0.15) is 11.5 Å². The van der Waals surface area contributed by atoms with E-state index in [1.165, 1.54) is 0 Å². The van der Waals surface area contributed by atoms with Crippen LogP contribution in [0.15, 0.2) is 111 Å². The molecule has 0 atom stereocenters. The van der Waals surface area contributed by atoms with E-state index in [0.717, 1.165) is 28.3 Å². The van der Waals surface area contributed by atoms with Crippen molar-refractivity contribution in [3.8, 4) is 22.7 Å². The molecular weight excluding hydrogens is 536 g/mol. The molecule has 3 aromatic carbocycles. The zero-order valence-corrected chi connectivity index (χ0v) is 24.0. The Bertz CT molecular complexity index is 1890. The summed E-state index contributed by atoms with van der Waals surface area (Å²) < 4.78 is 13.4. The van der Waals surface area contributed by atoms with Gasteiger partial charge in [-0.2, -0.15) is 0 Å². The molecule has 0 fully saturated rings. The Hall–Kier alpha value is -4.75. The van der Waals surface area contributed by atoms with Crippen LogP contribution in [0.3, 0.4) is 0 Å². The van der Waals surface area contributed by atoms with Gasteiger partial charge in [0.2, 0.25) is 0 Å². The second kappa shape index (κ2) is 10.3. The minimum Gasteiger partial charge on any atom is -0.460 e. The van der Waals surface area contributed by atoms with Crippen molar-refractivity contribution in [2.75, 3.05) is 0 Å². The molecule has 206 valence electrons. The van der Waals surface area contributed by atoms with Crippen LogP contribution < -0.4 is 11.1 Å². The number of rotatable bonds is 6. The van der Waals surface area contributed by atoms with E-state index in [9.17, 15) is 9.59 Å². The summed E-state index contributed by atoms with van der Waals surface area (Å²) in [6.07, 6.45) is 0. The topological polar surface area (TPSA) is 67.0 Å². The molecule has 0 aliphatic carbocycles. The molecule has 0 N–H and O–H groups in total. The molecule has 0 amide bonds. The van der Waals surface area contributed by atoms with Crippen molar-refractivity contribution in [2.45, 2.75) is 19.8 Å². The molecule has 0 saturated carbocycles. The molecule has 6 rings (SSSR count). The zero-order valence-electron chi connectivity index (χ0n) is 23.2. The number of furan rings is 1. The summed E-state index contributed by atoms with van der Waals surface area (Å²) >= 11 is 6.26. The Morgan fingerprint density at radius 1 is 0.659 bits per heavy atom. The molecule has 3 heterocycles. The average molecular weight is 565 g/mol. The van der Waals surface area contributed by atoms with Crippen molar-refractivity contribution in [3.05, 3.63) is 151 Å². The molecule has 0 unspecified atom stereocenters. The first kappa shape index (κ1) is 26.5. The van der Waals surface area contributed by atoms with Gasteiger partial charge in [-0.25, -0.2) is 9.36 Å². The van der Waals surface area contributed by atoms with Gasteiger partial charge < -0.3 is 4.42 Å². The maximum atomic E-state index is 14.3. The van der Waals surface area contributed by atoms with Crippen LogP contribution in [0.1, 0.15) is 34.2 Å². The third kappa shape index (κ3) is 4.39. The fourth-order valence-corrected chi connectivity index (χ4v) is 5.77. The molecule has 7 nitrogen and oxygen atoms in total. The van der Waals surface area contributed by atoms with Crippen LogP contribution in [-0.4, -0.2) is 18.7 Å². The van der Waals surface area contributed by atoms with Crippen LogP contribution in [0.25, 0.3) is 22.7 Å². The van der Waals surface area contributed by atoms with E-state index in [2.05, 4.69) is 0 Å². The molecule has 0 bridgehead atoms. The van der Waals surface area contributed by atoms with E-state index in [0.29, 0.717) is 27.7 Å². The summed E-state index contributed by atoms with van der Waals surface area (Å²) in [4.78, 5) is 28.5. The highest BCUT2D eigenvalue weighted by molar-refractivity contribution is 6.30. The van der Waals surface area contributed by atoms with Crippen molar-refractivity contribution in [1.29, 1.82) is 0 Å². The molecule has 0 saturated heterocycles. The van der Waals surface area contributed by atoms with Crippen LogP contribution in [0, 0.1) is 13.8 Å². The first-order chi connectivity index (χ1) is 19.8. The van der Waals surface area contributed by atoms with E-state index in [4.69, 9.17) is 16.0 Å². The third-order valence-corrected chi connectivity index (χ3v) is 8.03. The zero-order chi connectivity index (χ0) is 28.8. The Morgan fingerprint density at radius 3 is 1.66 bits per heavy atom. The van der Waals surface area contributed by atoms with Gasteiger partial charge in [-0.1, -0.05) is 60.1 Å². The number of hydrogen-bond acceptors (Lipinski definition) is 3. The molecule has 0 aliphatic rings. The van der Waals surface area contributed by atoms with Crippen LogP contribution in [0.5, 0.6) is 0 Å². The SMILES string of the molecule is Cc1c(C(c2ccc(-c3cccc(Cl)c3)o2)c2c(C)n(C)n(-c3ccccc3)c2=O)c(=O)n(-c2ccccc2)n1C. The Morgan fingerprint density at radius 2 is 1.17 bits per heavy atom. The van der Waals surface area contributed by atoms with Crippen molar-refractivity contribution in [2.24, 2.45) is 14.1 Å². The number of para-hydroxylation sites is 2. The summed E-state index contributed by atoms with van der Waals surface area (Å²) in [5.41, 5.74) is 4.28.